The molecule has 0 aliphatic rings. The van der Waals surface area contributed by atoms with Gasteiger partial charge in [-0.1, -0.05) is 17.8 Å². The van der Waals surface area contributed by atoms with Gasteiger partial charge in [-0.2, -0.15) is 0 Å². The smallest absolute Gasteiger partial charge is 0.257 e. The van der Waals surface area contributed by atoms with Gasteiger partial charge in [0.2, 0.25) is 5.89 Å². The van der Waals surface area contributed by atoms with Crippen molar-refractivity contribution < 1.29 is 4.42 Å². The van der Waals surface area contributed by atoms with E-state index in [2.05, 4.69) is 20.2 Å². The summed E-state index contributed by atoms with van der Waals surface area (Å²) < 4.78 is 5.78. The maximum atomic E-state index is 5.78. The van der Waals surface area contributed by atoms with Crippen molar-refractivity contribution in [3.8, 4) is 10.8 Å². The molecule has 0 saturated carbocycles. The molecule has 0 radical (unpaired) electrons. The van der Waals surface area contributed by atoms with Crippen LogP contribution in [0.15, 0.2) is 44.7 Å². The van der Waals surface area contributed by atoms with Crippen LogP contribution in [-0.2, 0) is 0 Å². The molecule has 0 bridgehead atoms. The average Bonchev–Trinajstić information content (AvgIpc) is 3.27. The quantitative estimate of drug-likeness (QED) is 0.396. The van der Waals surface area contributed by atoms with Crippen LogP contribution in [0.5, 0.6) is 0 Å². The number of rotatable bonds is 4. The number of hydrogen-bond donors (Lipinski definition) is 0. The van der Waals surface area contributed by atoms with Gasteiger partial charge in [0.25, 0.3) is 5.89 Å². The molecule has 4 aromatic rings. The Morgan fingerprint density at radius 2 is 2.09 bits per heavy atom. The van der Waals surface area contributed by atoms with Gasteiger partial charge in [-0.05, 0) is 29.8 Å². The van der Waals surface area contributed by atoms with Crippen molar-refractivity contribution in [1.82, 2.24) is 20.2 Å². The third kappa shape index (κ3) is 2.53. The minimum atomic E-state index is 0.0270. The molecule has 0 spiro atoms. The van der Waals surface area contributed by atoms with Crippen molar-refractivity contribution in [1.29, 1.82) is 0 Å². The minimum Gasteiger partial charge on any atom is -0.419 e. The molecule has 4 rings (SSSR count). The fraction of sp³-hybridized carbons (Fsp3) is 0.143. The van der Waals surface area contributed by atoms with Crippen LogP contribution in [0.4, 0.5) is 0 Å². The van der Waals surface area contributed by atoms with Crippen LogP contribution in [0.2, 0.25) is 0 Å². The molecule has 8 heteroatoms. The molecule has 0 aromatic carbocycles. The Bertz CT molecular complexity index is 900. The minimum absolute atomic E-state index is 0.0270. The molecule has 0 fully saturated rings. The summed E-state index contributed by atoms with van der Waals surface area (Å²) in [6.45, 7) is 2.04. The van der Waals surface area contributed by atoms with E-state index in [-0.39, 0.29) is 5.25 Å². The highest BCUT2D eigenvalue weighted by Gasteiger charge is 2.18. The highest BCUT2D eigenvalue weighted by atomic mass is 32.2. The Labute approximate surface area is 138 Å². The zero-order chi connectivity index (χ0) is 14.9. The zero-order valence-corrected chi connectivity index (χ0v) is 13.9. The standard InChI is InChI=1S/C14H10N4OS3/c1-8(11-17-18-12(19-11)10-3-2-5-20-10)22-14-9-4-6-21-13(9)15-7-16-14/h2-8H,1H3. The third-order valence-electron chi connectivity index (χ3n) is 3.03. The van der Waals surface area contributed by atoms with Gasteiger partial charge in [-0.25, -0.2) is 9.97 Å². The zero-order valence-electron chi connectivity index (χ0n) is 11.5. The molecule has 5 nitrogen and oxygen atoms in total. The Kier molecular flexibility index (Phi) is 3.65. The molecule has 0 aliphatic heterocycles. The normalized spacial score (nSPS) is 12.8. The highest BCUT2D eigenvalue weighted by molar-refractivity contribution is 7.99. The second-order valence-electron chi connectivity index (χ2n) is 4.50. The lowest BCUT2D eigenvalue weighted by Gasteiger charge is -2.06. The van der Waals surface area contributed by atoms with Gasteiger partial charge in [0.1, 0.15) is 16.2 Å². The highest BCUT2D eigenvalue weighted by Crippen LogP contribution is 2.38. The topological polar surface area (TPSA) is 64.7 Å². The Morgan fingerprint density at radius 3 is 2.95 bits per heavy atom. The Balaban J connectivity index is 1.60. The van der Waals surface area contributed by atoms with Crippen LogP contribution in [0.3, 0.4) is 0 Å². The summed E-state index contributed by atoms with van der Waals surface area (Å²) in [4.78, 5) is 10.6. The van der Waals surface area contributed by atoms with Crippen molar-refractivity contribution in [3.63, 3.8) is 0 Å². The van der Waals surface area contributed by atoms with E-state index >= 15 is 0 Å². The summed E-state index contributed by atoms with van der Waals surface area (Å²) in [6, 6.07) is 5.98. The lowest BCUT2D eigenvalue weighted by molar-refractivity contribution is 0.510. The van der Waals surface area contributed by atoms with Crippen LogP contribution in [-0.4, -0.2) is 20.2 Å². The number of nitrogens with zero attached hydrogens (tertiary/aromatic N) is 4. The summed E-state index contributed by atoms with van der Waals surface area (Å²) >= 11 is 4.80. The van der Waals surface area contributed by atoms with Gasteiger partial charge in [0, 0.05) is 5.39 Å². The van der Waals surface area contributed by atoms with Gasteiger partial charge >= 0.3 is 0 Å². The van der Waals surface area contributed by atoms with E-state index in [1.54, 1.807) is 40.8 Å². The fourth-order valence-corrected chi connectivity index (χ4v) is 4.35. The largest absolute Gasteiger partial charge is 0.419 e. The molecule has 0 N–H and O–H groups in total. The first-order valence-corrected chi connectivity index (χ1v) is 9.17. The predicted molar refractivity (Wildman–Crippen MR) is 89.3 cm³/mol. The van der Waals surface area contributed by atoms with Gasteiger partial charge in [0.15, 0.2) is 0 Å². The number of thiophene rings is 2. The molecular formula is C14H10N4OS3. The van der Waals surface area contributed by atoms with E-state index in [9.17, 15) is 0 Å². The Morgan fingerprint density at radius 1 is 1.14 bits per heavy atom. The molecular weight excluding hydrogens is 336 g/mol. The molecule has 0 aliphatic carbocycles. The van der Waals surface area contributed by atoms with Crippen molar-refractivity contribution >= 4 is 44.7 Å². The summed E-state index contributed by atoms with van der Waals surface area (Å²) in [5.41, 5.74) is 0. The second-order valence-corrected chi connectivity index (χ2v) is 7.67. The van der Waals surface area contributed by atoms with Crippen LogP contribution in [0.1, 0.15) is 18.1 Å². The van der Waals surface area contributed by atoms with Crippen molar-refractivity contribution in [2.75, 3.05) is 0 Å². The van der Waals surface area contributed by atoms with Crippen LogP contribution in [0.25, 0.3) is 21.0 Å². The summed E-state index contributed by atoms with van der Waals surface area (Å²) in [5.74, 6) is 1.18. The summed E-state index contributed by atoms with van der Waals surface area (Å²) in [7, 11) is 0. The van der Waals surface area contributed by atoms with Crippen LogP contribution >= 0.6 is 34.4 Å². The molecule has 1 unspecified atom stereocenters. The van der Waals surface area contributed by atoms with Gasteiger partial charge < -0.3 is 4.42 Å². The van der Waals surface area contributed by atoms with E-state index in [1.165, 1.54) is 0 Å². The molecule has 1 atom stereocenters. The maximum absolute atomic E-state index is 5.78. The third-order valence-corrected chi connectivity index (χ3v) is 5.82. The SMILES string of the molecule is CC(Sc1ncnc2sccc12)c1nnc(-c2cccs2)o1. The average molecular weight is 346 g/mol. The van der Waals surface area contributed by atoms with Crippen molar-refractivity contribution in [2.45, 2.75) is 17.2 Å². The Hall–Kier alpha value is -1.77. The summed E-state index contributed by atoms with van der Waals surface area (Å²) in [5, 5.41) is 14.3. The molecule has 22 heavy (non-hydrogen) atoms. The molecule has 0 saturated heterocycles. The molecule has 4 aromatic heterocycles. The van der Waals surface area contributed by atoms with Crippen LogP contribution < -0.4 is 0 Å². The maximum Gasteiger partial charge on any atom is 0.257 e. The fourth-order valence-electron chi connectivity index (χ4n) is 1.98. The van der Waals surface area contributed by atoms with E-state index in [0.29, 0.717) is 11.8 Å². The molecule has 4 heterocycles. The first-order chi connectivity index (χ1) is 10.8. The first kappa shape index (κ1) is 13.9. The number of hydrogen-bond acceptors (Lipinski definition) is 8. The molecule has 110 valence electrons. The lowest BCUT2D eigenvalue weighted by atomic mass is 10.4. The van der Waals surface area contributed by atoms with Gasteiger partial charge in [-0.15, -0.1) is 32.9 Å². The van der Waals surface area contributed by atoms with Crippen molar-refractivity contribution in [3.05, 3.63) is 41.2 Å². The van der Waals surface area contributed by atoms with E-state index < -0.39 is 0 Å². The van der Waals surface area contributed by atoms with E-state index in [0.717, 1.165) is 20.1 Å². The predicted octanol–water partition coefficient (Wildman–Crippen LogP) is 4.66. The monoisotopic (exact) mass is 346 g/mol. The van der Waals surface area contributed by atoms with Crippen LogP contribution in [0, 0.1) is 0 Å². The number of aromatic nitrogens is 4. The lowest BCUT2D eigenvalue weighted by Crippen LogP contribution is -1.91. The second kappa shape index (κ2) is 5.79. The number of thioether (sulfide) groups is 1. The number of fused-ring (bicyclic) bond motifs is 1. The van der Waals surface area contributed by atoms with Gasteiger partial charge in [-0.3, -0.25) is 0 Å². The molecule has 0 amide bonds. The van der Waals surface area contributed by atoms with Gasteiger partial charge in [0.05, 0.1) is 10.1 Å². The van der Waals surface area contributed by atoms with E-state index in [1.807, 2.05) is 35.9 Å². The van der Waals surface area contributed by atoms with Crippen molar-refractivity contribution in [2.24, 2.45) is 0 Å². The first-order valence-electron chi connectivity index (χ1n) is 6.53. The van der Waals surface area contributed by atoms with E-state index in [4.69, 9.17) is 4.42 Å². The summed E-state index contributed by atoms with van der Waals surface area (Å²) in [6.07, 6.45) is 1.60.